The van der Waals surface area contributed by atoms with Crippen LogP contribution in [0.5, 0.6) is 0 Å². The molecule has 13 nitrogen and oxygen atoms in total. The van der Waals surface area contributed by atoms with E-state index >= 15 is 0 Å². The lowest BCUT2D eigenvalue weighted by molar-refractivity contribution is -0.225. The number of rotatable bonds is 9. The van der Waals surface area contributed by atoms with Crippen molar-refractivity contribution in [3.05, 3.63) is 0 Å². The van der Waals surface area contributed by atoms with E-state index in [1.165, 1.54) is 0 Å². The number of hydrogen-bond donors (Lipinski definition) is 1. The molecule has 34 heavy (non-hydrogen) atoms. The van der Waals surface area contributed by atoms with Gasteiger partial charge < -0.3 is 33.7 Å². The van der Waals surface area contributed by atoms with Gasteiger partial charge in [0.05, 0.1) is 13.2 Å². The lowest BCUT2D eigenvalue weighted by atomic mass is 9.89. The highest BCUT2D eigenvalue weighted by atomic mass is 35.5. The fraction of sp³-hybridized carbons (Fsp3) is 0.700. The molecular formula is C20H28ClNO12. The molecule has 1 rings (SSSR count). The van der Waals surface area contributed by atoms with Gasteiger partial charge in [0.25, 0.3) is 0 Å². The highest BCUT2D eigenvalue weighted by Crippen LogP contribution is 2.38. The Hall–Kier alpha value is -2.93. The van der Waals surface area contributed by atoms with E-state index in [-0.39, 0.29) is 0 Å². The molecule has 1 fully saturated rings. The summed E-state index contributed by atoms with van der Waals surface area (Å²) in [5.74, 6) is -4.87. The van der Waals surface area contributed by atoms with Gasteiger partial charge in [-0.25, -0.2) is 4.79 Å². The standard InChI is InChI=1S/C20H28ClNO12/c1-9(23)22-16-14(31-11(3)25)7-20(21,19(28)29-6)34-18(16)17(33-13(5)27)15(32-12(4)26)8-30-10(2)24/h14-18H,7-8H2,1-6H3,(H,22,23)/t14-,15+,16+,17+,18+,20?/m0/s1. The average Bonchev–Trinajstić information content (AvgIpc) is 2.69. The zero-order valence-electron chi connectivity index (χ0n) is 19.6. The summed E-state index contributed by atoms with van der Waals surface area (Å²) in [4.78, 5) is 71.2. The third kappa shape index (κ3) is 8.45. The van der Waals surface area contributed by atoms with Crippen LogP contribution in [-0.2, 0) is 57.2 Å². The number of carbonyl (C=O) groups is 6. The van der Waals surface area contributed by atoms with Gasteiger partial charge in [-0.05, 0) is 0 Å². The first kappa shape index (κ1) is 29.1. The number of alkyl halides is 1. The fourth-order valence-corrected chi connectivity index (χ4v) is 3.71. The van der Waals surface area contributed by atoms with Crippen molar-refractivity contribution in [3.8, 4) is 0 Å². The fourth-order valence-electron chi connectivity index (χ4n) is 3.38. The number of esters is 5. The third-order valence-corrected chi connectivity index (χ3v) is 4.88. The molecule has 0 aliphatic carbocycles. The highest BCUT2D eigenvalue weighted by Gasteiger charge is 2.57. The van der Waals surface area contributed by atoms with Crippen LogP contribution in [0.1, 0.15) is 41.0 Å². The first-order valence-corrected chi connectivity index (χ1v) is 10.4. The van der Waals surface area contributed by atoms with Crippen LogP contribution >= 0.6 is 11.6 Å². The van der Waals surface area contributed by atoms with Crippen LogP contribution in [0.2, 0.25) is 0 Å². The summed E-state index contributed by atoms with van der Waals surface area (Å²) >= 11 is 6.38. The number of nitrogens with one attached hydrogen (secondary N) is 1. The van der Waals surface area contributed by atoms with Gasteiger partial charge in [-0.1, -0.05) is 11.6 Å². The summed E-state index contributed by atoms with van der Waals surface area (Å²) in [5, 5.41) is 0.276. The van der Waals surface area contributed by atoms with Crippen LogP contribution < -0.4 is 5.32 Å². The first-order valence-electron chi connectivity index (χ1n) is 10.1. The second-order valence-corrected chi connectivity index (χ2v) is 8.02. The minimum absolute atomic E-state index is 0.447. The maximum atomic E-state index is 12.4. The van der Waals surface area contributed by atoms with Gasteiger partial charge >= 0.3 is 29.8 Å². The molecule has 1 saturated heterocycles. The van der Waals surface area contributed by atoms with E-state index in [0.717, 1.165) is 41.7 Å². The molecule has 1 N–H and O–H groups in total. The first-order chi connectivity index (χ1) is 15.7. The number of hydrogen-bond acceptors (Lipinski definition) is 12. The topological polar surface area (TPSA) is 170 Å². The van der Waals surface area contributed by atoms with Crippen molar-refractivity contribution in [1.82, 2.24) is 5.32 Å². The average molecular weight is 510 g/mol. The molecule has 0 bridgehead atoms. The Balaban J connectivity index is 3.64. The molecule has 0 spiro atoms. The molecule has 1 amide bonds. The van der Waals surface area contributed by atoms with Crippen molar-refractivity contribution in [2.24, 2.45) is 0 Å². The number of halogens is 1. The van der Waals surface area contributed by atoms with E-state index in [9.17, 15) is 28.8 Å². The summed E-state index contributed by atoms with van der Waals surface area (Å²) in [6, 6.07) is -1.24. The third-order valence-electron chi connectivity index (χ3n) is 4.48. The molecule has 1 heterocycles. The molecule has 192 valence electrons. The Morgan fingerprint density at radius 1 is 0.971 bits per heavy atom. The van der Waals surface area contributed by atoms with Crippen molar-refractivity contribution in [3.63, 3.8) is 0 Å². The Morgan fingerprint density at radius 2 is 1.56 bits per heavy atom. The van der Waals surface area contributed by atoms with Gasteiger partial charge in [-0.2, -0.15) is 0 Å². The second-order valence-electron chi connectivity index (χ2n) is 7.41. The van der Waals surface area contributed by atoms with Crippen molar-refractivity contribution in [1.29, 1.82) is 0 Å². The molecule has 1 aliphatic rings. The van der Waals surface area contributed by atoms with E-state index in [0.29, 0.717) is 0 Å². The summed E-state index contributed by atoms with van der Waals surface area (Å²) in [6.07, 6.45) is -6.29. The van der Waals surface area contributed by atoms with E-state index in [1.54, 1.807) is 0 Å². The maximum absolute atomic E-state index is 12.4. The molecule has 0 aromatic heterocycles. The zero-order valence-corrected chi connectivity index (χ0v) is 20.3. The zero-order chi connectivity index (χ0) is 26.2. The Labute approximate surface area is 200 Å². The largest absolute Gasteiger partial charge is 0.466 e. The summed E-state index contributed by atoms with van der Waals surface area (Å²) in [6.45, 7) is 4.87. The van der Waals surface area contributed by atoms with Crippen LogP contribution in [0.4, 0.5) is 0 Å². The van der Waals surface area contributed by atoms with E-state index in [2.05, 4.69) is 10.1 Å². The van der Waals surface area contributed by atoms with Crippen LogP contribution in [0.15, 0.2) is 0 Å². The second kappa shape index (κ2) is 12.5. The van der Waals surface area contributed by atoms with E-state index in [1.807, 2.05) is 0 Å². The molecule has 0 aromatic carbocycles. The smallest absolute Gasteiger partial charge is 0.354 e. The number of methoxy groups -OCH3 is 1. The Morgan fingerprint density at radius 3 is 2.00 bits per heavy atom. The van der Waals surface area contributed by atoms with Gasteiger partial charge in [-0.15, -0.1) is 0 Å². The van der Waals surface area contributed by atoms with Crippen LogP contribution in [0.3, 0.4) is 0 Å². The van der Waals surface area contributed by atoms with Gasteiger partial charge in [0.15, 0.2) is 12.2 Å². The van der Waals surface area contributed by atoms with Crippen LogP contribution in [0, 0.1) is 0 Å². The van der Waals surface area contributed by atoms with Gasteiger partial charge in [0.1, 0.15) is 18.8 Å². The number of amides is 1. The quantitative estimate of drug-likeness (QED) is 0.246. The Kier molecular flexibility index (Phi) is 10.7. The highest BCUT2D eigenvalue weighted by molar-refractivity contribution is 6.32. The SMILES string of the molecule is COC(=O)C1(Cl)C[C@H](OC(C)=O)[C@@H](NC(C)=O)[C@H]([C@H](OC(C)=O)[C@@H](COC(C)=O)OC(C)=O)O1. The minimum Gasteiger partial charge on any atom is -0.466 e. The van der Waals surface area contributed by atoms with Crippen molar-refractivity contribution in [2.75, 3.05) is 13.7 Å². The predicted octanol–water partition coefficient (Wildman–Crippen LogP) is -0.254. The normalized spacial score (nSPS) is 25.7. The monoisotopic (exact) mass is 509 g/mol. The molecular weight excluding hydrogens is 482 g/mol. The Bertz CT molecular complexity index is 817. The predicted molar refractivity (Wildman–Crippen MR) is 111 cm³/mol. The van der Waals surface area contributed by atoms with Crippen molar-refractivity contribution >= 4 is 47.4 Å². The van der Waals surface area contributed by atoms with Gasteiger partial charge in [0.2, 0.25) is 11.0 Å². The van der Waals surface area contributed by atoms with E-state index < -0.39 is 84.3 Å². The number of ether oxygens (including phenoxy) is 6. The molecule has 6 atom stereocenters. The van der Waals surface area contributed by atoms with E-state index in [4.69, 9.17) is 35.3 Å². The van der Waals surface area contributed by atoms with Gasteiger partial charge in [-0.3, -0.25) is 24.0 Å². The summed E-state index contributed by atoms with van der Waals surface area (Å²) < 4.78 is 31.2. The molecule has 1 aliphatic heterocycles. The lowest BCUT2D eigenvalue weighted by Gasteiger charge is -2.46. The molecule has 14 heteroatoms. The van der Waals surface area contributed by atoms with Crippen molar-refractivity contribution < 1.29 is 57.2 Å². The molecule has 1 unspecified atom stereocenters. The maximum Gasteiger partial charge on any atom is 0.354 e. The van der Waals surface area contributed by atoms with Gasteiger partial charge in [0, 0.05) is 41.0 Å². The van der Waals surface area contributed by atoms with Crippen molar-refractivity contribution in [2.45, 2.75) is 76.6 Å². The number of carbonyl (C=O) groups excluding carboxylic acids is 6. The summed E-state index contributed by atoms with van der Waals surface area (Å²) in [5.41, 5.74) is 0. The van der Waals surface area contributed by atoms with Crippen LogP contribution in [0.25, 0.3) is 0 Å². The minimum atomic E-state index is -2.24. The molecule has 0 aromatic rings. The molecule has 0 saturated carbocycles. The lowest BCUT2D eigenvalue weighted by Crippen LogP contribution is -2.67. The van der Waals surface area contributed by atoms with Crippen LogP contribution in [-0.4, -0.2) is 85.0 Å². The molecule has 0 radical (unpaired) electrons. The summed E-state index contributed by atoms with van der Waals surface area (Å²) in [7, 11) is 1.04.